The summed E-state index contributed by atoms with van der Waals surface area (Å²) in [5, 5.41) is 4.31. The topological polar surface area (TPSA) is 64.2 Å². The van der Waals surface area contributed by atoms with Crippen LogP contribution in [0.15, 0.2) is 6.20 Å². The highest BCUT2D eigenvalue weighted by molar-refractivity contribution is 5.80. The van der Waals surface area contributed by atoms with Crippen molar-refractivity contribution in [3.63, 3.8) is 0 Å². The van der Waals surface area contributed by atoms with Crippen molar-refractivity contribution >= 4 is 5.91 Å². The van der Waals surface area contributed by atoms with Gasteiger partial charge >= 0.3 is 0 Å². The zero-order valence-electron chi connectivity index (χ0n) is 9.97. The molecule has 2 rings (SSSR count). The number of nitrogens with two attached hydrogens (primary N) is 1. The molecule has 0 saturated carbocycles. The summed E-state index contributed by atoms with van der Waals surface area (Å²) in [6.45, 7) is 4.64. The molecule has 0 aromatic carbocycles. The number of amides is 1. The van der Waals surface area contributed by atoms with Gasteiger partial charge in [0.05, 0.1) is 11.7 Å². The van der Waals surface area contributed by atoms with E-state index < -0.39 is 0 Å². The Morgan fingerprint density at radius 1 is 1.62 bits per heavy atom. The first-order chi connectivity index (χ1) is 7.54. The van der Waals surface area contributed by atoms with Crippen LogP contribution in [0.25, 0.3) is 0 Å². The Hall–Kier alpha value is -1.36. The smallest absolute Gasteiger partial charge is 0.224 e. The van der Waals surface area contributed by atoms with Crippen LogP contribution in [0.4, 0.5) is 0 Å². The lowest BCUT2D eigenvalue weighted by atomic mass is 10.0. The van der Waals surface area contributed by atoms with E-state index in [1.807, 2.05) is 32.0 Å². The monoisotopic (exact) mass is 222 g/mol. The van der Waals surface area contributed by atoms with Gasteiger partial charge in [-0.3, -0.25) is 9.48 Å². The molecule has 16 heavy (non-hydrogen) atoms. The SMILES string of the molecule is CCN1C(=O)CC(N)C1c1cn(C)nc1C. The van der Waals surface area contributed by atoms with Crippen molar-refractivity contribution in [2.75, 3.05) is 6.54 Å². The summed E-state index contributed by atoms with van der Waals surface area (Å²) in [7, 11) is 1.88. The summed E-state index contributed by atoms with van der Waals surface area (Å²) in [6, 6.07) is -0.124. The molecule has 5 nitrogen and oxygen atoms in total. The molecular weight excluding hydrogens is 204 g/mol. The summed E-state index contributed by atoms with van der Waals surface area (Å²) < 4.78 is 1.77. The highest BCUT2D eigenvalue weighted by Gasteiger charge is 2.39. The molecule has 2 N–H and O–H groups in total. The second kappa shape index (κ2) is 3.90. The maximum absolute atomic E-state index is 11.7. The molecule has 1 aliphatic heterocycles. The van der Waals surface area contributed by atoms with Gasteiger partial charge in [0.15, 0.2) is 0 Å². The predicted octanol–water partition coefficient (Wildman–Crippen LogP) is 0.349. The van der Waals surface area contributed by atoms with Crippen molar-refractivity contribution in [1.29, 1.82) is 0 Å². The molecule has 2 heterocycles. The van der Waals surface area contributed by atoms with Gasteiger partial charge in [-0.2, -0.15) is 5.10 Å². The Bertz CT molecular complexity index is 412. The van der Waals surface area contributed by atoms with E-state index in [0.29, 0.717) is 13.0 Å². The lowest BCUT2D eigenvalue weighted by Gasteiger charge is -2.25. The van der Waals surface area contributed by atoms with Crippen molar-refractivity contribution < 1.29 is 4.79 Å². The largest absolute Gasteiger partial charge is 0.334 e. The summed E-state index contributed by atoms with van der Waals surface area (Å²) in [4.78, 5) is 13.6. The Morgan fingerprint density at radius 3 is 2.81 bits per heavy atom. The van der Waals surface area contributed by atoms with E-state index >= 15 is 0 Å². The molecule has 1 aromatic rings. The van der Waals surface area contributed by atoms with Gasteiger partial charge in [-0.1, -0.05) is 0 Å². The minimum Gasteiger partial charge on any atom is -0.334 e. The zero-order chi connectivity index (χ0) is 11.9. The average molecular weight is 222 g/mol. The van der Waals surface area contributed by atoms with Gasteiger partial charge in [-0.15, -0.1) is 0 Å². The molecule has 1 fully saturated rings. The van der Waals surface area contributed by atoms with Crippen LogP contribution in [-0.4, -0.2) is 33.2 Å². The molecular formula is C11H18N4O. The maximum Gasteiger partial charge on any atom is 0.224 e. The van der Waals surface area contributed by atoms with Crippen LogP contribution in [0, 0.1) is 6.92 Å². The highest BCUT2D eigenvalue weighted by Crippen LogP contribution is 2.32. The van der Waals surface area contributed by atoms with E-state index in [0.717, 1.165) is 11.3 Å². The number of carbonyl (C=O) groups is 1. The number of nitrogens with zero attached hydrogens (tertiary/aromatic N) is 3. The molecule has 88 valence electrons. The first kappa shape index (κ1) is 11.1. The number of aryl methyl sites for hydroxylation is 2. The number of hydrogen-bond acceptors (Lipinski definition) is 3. The lowest BCUT2D eigenvalue weighted by molar-refractivity contribution is -0.128. The maximum atomic E-state index is 11.7. The lowest BCUT2D eigenvalue weighted by Crippen LogP contribution is -2.33. The molecule has 1 aliphatic rings. The average Bonchev–Trinajstić information content (AvgIpc) is 2.66. The Morgan fingerprint density at radius 2 is 2.31 bits per heavy atom. The number of likely N-dealkylation sites (N-methyl/N-ethyl adjacent to an activating group) is 1. The van der Waals surface area contributed by atoms with Gasteiger partial charge in [0, 0.05) is 37.8 Å². The zero-order valence-corrected chi connectivity index (χ0v) is 9.97. The van der Waals surface area contributed by atoms with E-state index in [4.69, 9.17) is 5.73 Å². The van der Waals surface area contributed by atoms with Gasteiger partial charge in [0.2, 0.25) is 5.91 Å². The molecule has 0 bridgehead atoms. The van der Waals surface area contributed by atoms with E-state index in [9.17, 15) is 4.79 Å². The fraction of sp³-hybridized carbons (Fsp3) is 0.636. The van der Waals surface area contributed by atoms with Gasteiger partial charge in [-0.25, -0.2) is 0 Å². The van der Waals surface area contributed by atoms with E-state index in [2.05, 4.69) is 5.10 Å². The van der Waals surface area contributed by atoms with E-state index in [-0.39, 0.29) is 18.0 Å². The van der Waals surface area contributed by atoms with Crippen molar-refractivity contribution in [1.82, 2.24) is 14.7 Å². The molecule has 1 saturated heterocycles. The molecule has 0 spiro atoms. The van der Waals surface area contributed by atoms with E-state index in [1.54, 1.807) is 4.68 Å². The number of likely N-dealkylation sites (tertiary alicyclic amines) is 1. The summed E-state index contributed by atoms with van der Waals surface area (Å²) in [5.41, 5.74) is 8.07. The number of hydrogen-bond donors (Lipinski definition) is 1. The number of aromatic nitrogens is 2. The third kappa shape index (κ3) is 1.61. The van der Waals surface area contributed by atoms with Crippen molar-refractivity contribution in [3.8, 4) is 0 Å². The van der Waals surface area contributed by atoms with Crippen molar-refractivity contribution in [2.24, 2.45) is 12.8 Å². The number of carbonyl (C=O) groups excluding carboxylic acids is 1. The third-order valence-electron chi connectivity index (χ3n) is 3.18. The molecule has 1 amide bonds. The molecule has 2 unspecified atom stereocenters. The number of rotatable bonds is 2. The Labute approximate surface area is 95.2 Å². The Balaban J connectivity index is 2.38. The van der Waals surface area contributed by atoms with Gasteiger partial charge in [-0.05, 0) is 13.8 Å². The van der Waals surface area contributed by atoms with Crippen LogP contribution in [0.3, 0.4) is 0 Å². The van der Waals surface area contributed by atoms with E-state index in [1.165, 1.54) is 0 Å². The highest BCUT2D eigenvalue weighted by atomic mass is 16.2. The summed E-state index contributed by atoms with van der Waals surface area (Å²) >= 11 is 0. The molecule has 0 radical (unpaired) electrons. The molecule has 1 aromatic heterocycles. The first-order valence-electron chi connectivity index (χ1n) is 5.59. The quantitative estimate of drug-likeness (QED) is 0.785. The minimum absolute atomic E-state index is 0.00815. The minimum atomic E-state index is -0.115. The summed E-state index contributed by atoms with van der Waals surface area (Å²) in [6.07, 6.45) is 2.40. The van der Waals surface area contributed by atoms with Crippen LogP contribution in [0.2, 0.25) is 0 Å². The van der Waals surface area contributed by atoms with Gasteiger partial charge in [0.1, 0.15) is 0 Å². The fourth-order valence-corrected chi connectivity index (χ4v) is 2.50. The molecule has 0 aliphatic carbocycles. The normalized spacial score (nSPS) is 25.5. The van der Waals surface area contributed by atoms with Crippen LogP contribution in [0.5, 0.6) is 0 Å². The Kier molecular flexibility index (Phi) is 2.71. The second-order valence-electron chi connectivity index (χ2n) is 4.34. The second-order valence-corrected chi connectivity index (χ2v) is 4.34. The molecule has 5 heteroatoms. The predicted molar refractivity (Wildman–Crippen MR) is 60.7 cm³/mol. The van der Waals surface area contributed by atoms with Crippen LogP contribution in [-0.2, 0) is 11.8 Å². The van der Waals surface area contributed by atoms with Crippen molar-refractivity contribution in [2.45, 2.75) is 32.4 Å². The van der Waals surface area contributed by atoms with Crippen LogP contribution < -0.4 is 5.73 Å². The van der Waals surface area contributed by atoms with Gasteiger partial charge in [0.25, 0.3) is 0 Å². The van der Waals surface area contributed by atoms with Gasteiger partial charge < -0.3 is 10.6 Å². The summed E-state index contributed by atoms with van der Waals surface area (Å²) in [5.74, 6) is 0.142. The molecule has 2 atom stereocenters. The van der Waals surface area contributed by atoms with Crippen LogP contribution >= 0.6 is 0 Å². The van der Waals surface area contributed by atoms with Crippen molar-refractivity contribution in [3.05, 3.63) is 17.5 Å². The fourth-order valence-electron chi connectivity index (χ4n) is 2.50. The standard InChI is InChI=1S/C11H18N4O/c1-4-15-10(16)5-9(12)11(15)8-6-14(3)13-7(8)2/h6,9,11H,4-5,12H2,1-3H3. The third-order valence-corrected chi connectivity index (χ3v) is 3.18. The van der Waals surface area contributed by atoms with Crippen LogP contribution in [0.1, 0.15) is 30.6 Å². The first-order valence-corrected chi connectivity index (χ1v) is 5.59.